The fourth-order valence-corrected chi connectivity index (χ4v) is 2.78. The van der Waals surface area contributed by atoms with Crippen LogP contribution in [-0.2, 0) is 9.59 Å². The van der Waals surface area contributed by atoms with Gasteiger partial charge < -0.3 is 20.4 Å². The number of aliphatic hydroxyl groups is 2. The van der Waals surface area contributed by atoms with Crippen LogP contribution in [-0.4, -0.2) is 45.1 Å². The second-order valence-corrected chi connectivity index (χ2v) is 5.10. The third-order valence-electron chi connectivity index (χ3n) is 3.84. The lowest BCUT2D eigenvalue weighted by Gasteiger charge is -2.30. The molecule has 2 atom stereocenters. The molecule has 0 aromatic rings. The SMILES string of the molecule is O=C(O)CC(CC1(C(=O)O)CCCC1)C(O)CO. The van der Waals surface area contributed by atoms with Crippen molar-refractivity contribution < 1.29 is 30.0 Å². The van der Waals surface area contributed by atoms with Crippen LogP contribution in [0, 0.1) is 11.3 Å². The van der Waals surface area contributed by atoms with Crippen molar-refractivity contribution in [2.45, 2.75) is 44.6 Å². The molecule has 0 aromatic heterocycles. The maximum absolute atomic E-state index is 11.4. The predicted molar refractivity (Wildman–Crippen MR) is 62.0 cm³/mol. The lowest BCUT2D eigenvalue weighted by atomic mass is 9.75. The van der Waals surface area contributed by atoms with Crippen molar-refractivity contribution in [1.82, 2.24) is 0 Å². The molecule has 6 heteroatoms. The molecule has 0 aromatic carbocycles. The van der Waals surface area contributed by atoms with Crippen molar-refractivity contribution in [3.8, 4) is 0 Å². The Kier molecular flexibility index (Phi) is 5.10. The molecule has 1 rings (SSSR count). The van der Waals surface area contributed by atoms with Gasteiger partial charge in [0.15, 0.2) is 0 Å². The highest BCUT2D eigenvalue weighted by atomic mass is 16.4. The number of carboxylic acids is 2. The van der Waals surface area contributed by atoms with E-state index in [4.69, 9.17) is 10.2 Å². The van der Waals surface area contributed by atoms with Crippen molar-refractivity contribution in [1.29, 1.82) is 0 Å². The predicted octanol–water partition coefficient (Wildman–Crippen LogP) is 0.466. The first-order valence-corrected chi connectivity index (χ1v) is 6.15. The summed E-state index contributed by atoms with van der Waals surface area (Å²) in [7, 11) is 0. The summed E-state index contributed by atoms with van der Waals surface area (Å²) in [6, 6.07) is 0. The number of hydrogen-bond donors (Lipinski definition) is 4. The van der Waals surface area contributed by atoms with Crippen LogP contribution < -0.4 is 0 Å². The van der Waals surface area contributed by atoms with E-state index in [0.29, 0.717) is 12.8 Å². The molecule has 6 nitrogen and oxygen atoms in total. The summed E-state index contributed by atoms with van der Waals surface area (Å²) in [6.07, 6.45) is 1.24. The van der Waals surface area contributed by atoms with Crippen LogP contribution >= 0.6 is 0 Å². The molecule has 0 bridgehead atoms. The van der Waals surface area contributed by atoms with E-state index in [1.807, 2.05) is 0 Å². The Bertz CT molecular complexity index is 308. The summed E-state index contributed by atoms with van der Waals surface area (Å²) in [5, 5.41) is 36.6. The minimum atomic E-state index is -1.18. The van der Waals surface area contributed by atoms with Crippen molar-refractivity contribution >= 4 is 11.9 Å². The van der Waals surface area contributed by atoms with Crippen LogP contribution in [0.2, 0.25) is 0 Å². The molecule has 1 fully saturated rings. The molecule has 0 saturated heterocycles. The van der Waals surface area contributed by atoms with E-state index in [1.54, 1.807) is 0 Å². The molecule has 0 heterocycles. The van der Waals surface area contributed by atoms with Gasteiger partial charge in [0, 0.05) is 0 Å². The molecule has 4 N–H and O–H groups in total. The summed E-state index contributed by atoms with van der Waals surface area (Å²) in [4.78, 5) is 22.1. The van der Waals surface area contributed by atoms with Crippen molar-refractivity contribution in [3.63, 3.8) is 0 Å². The van der Waals surface area contributed by atoms with Gasteiger partial charge in [-0.25, -0.2) is 0 Å². The van der Waals surface area contributed by atoms with Gasteiger partial charge in [-0.2, -0.15) is 0 Å². The van der Waals surface area contributed by atoms with E-state index < -0.39 is 36.0 Å². The number of hydrogen-bond acceptors (Lipinski definition) is 4. The Morgan fingerprint density at radius 3 is 2.11 bits per heavy atom. The first-order chi connectivity index (χ1) is 8.41. The Balaban J connectivity index is 2.79. The molecule has 0 radical (unpaired) electrons. The Labute approximate surface area is 105 Å². The average Bonchev–Trinajstić information content (AvgIpc) is 2.76. The Morgan fingerprint density at radius 2 is 1.72 bits per heavy atom. The maximum Gasteiger partial charge on any atom is 0.309 e. The van der Waals surface area contributed by atoms with Gasteiger partial charge in [-0.05, 0) is 25.2 Å². The van der Waals surface area contributed by atoms with Crippen molar-refractivity contribution in [2.24, 2.45) is 11.3 Å². The van der Waals surface area contributed by atoms with Gasteiger partial charge in [-0.1, -0.05) is 12.8 Å². The number of carboxylic acid groups (broad SMARTS) is 2. The van der Waals surface area contributed by atoms with Gasteiger partial charge >= 0.3 is 11.9 Å². The summed E-state index contributed by atoms with van der Waals surface area (Å²) in [5.41, 5.74) is -0.934. The van der Waals surface area contributed by atoms with Gasteiger partial charge in [0.2, 0.25) is 0 Å². The molecule has 104 valence electrons. The van der Waals surface area contributed by atoms with Gasteiger partial charge in [0.25, 0.3) is 0 Å². The zero-order valence-corrected chi connectivity index (χ0v) is 10.2. The van der Waals surface area contributed by atoms with Gasteiger partial charge in [-0.3, -0.25) is 9.59 Å². The molecule has 1 saturated carbocycles. The van der Waals surface area contributed by atoms with Gasteiger partial charge in [-0.15, -0.1) is 0 Å². The van der Waals surface area contributed by atoms with Crippen molar-refractivity contribution in [2.75, 3.05) is 6.61 Å². The highest BCUT2D eigenvalue weighted by Gasteiger charge is 2.44. The molecular weight excluding hydrogens is 240 g/mol. The Hall–Kier alpha value is -1.14. The van der Waals surface area contributed by atoms with Crippen LogP contribution in [0.1, 0.15) is 38.5 Å². The molecule has 0 aliphatic heterocycles. The highest BCUT2D eigenvalue weighted by Crippen LogP contribution is 2.44. The standard InChI is InChI=1S/C12H20O6/c13-7-9(14)8(5-10(15)16)6-12(11(17)18)3-1-2-4-12/h8-9,13-14H,1-7H2,(H,15,16)(H,17,18). The molecular formula is C12H20O6. The smallest absolute Gasteiger partial charge is 0.309 e. The molecule has 1 aliphatic carbocycles. The average molecular weight is 260 g/mol. The summed E-state index contributed by atoms with van der Waals surface area (Å²) < 4.78 is 0. The zero-order chi connectivity index (χ0) is 13.8. The van der Waals surface area contributed by atoms with E-state index in [-0.39, 0.29) is 12.8 Å². The Morgan fingerprint density at radius 1 is 1.17 bits per heavy atom. The number of rotatable bonds is 7. The molecule has 0 amide bonds. The van der Waals surface area contributed by atoms with E-state index in [9.17, 15) is 19.8 Å². The third-order valence-corrected chi connectivity index (χ3v) is 3.84. The molecule has 1 aliphatic rings. The topological polar surface area (TPSA) is 115 Å². The summed E-state index contributed by atoms with van der Waals surface area (Å²) in [5.74, 6) is -2.74. The van der Waals surface area contributed by atoms with E-state index in [1.165, 1.54) is 0 Å². The first-order valence-electron chi connectivity index (χ1n) is 6.15. The van der Waals surface area contributed by atoms with Gasteiger partial charge in [0.1, 0.15) is 0 Å². The maximum atomic E-state index is 11.4. The fraction of sp³-hybridized carbons (Fsp3) is 0.833. The second-order valence-electron chi connectivity index (χ2n) is 5.10. The number of aliphatic carboxylic acids is 2. The van der Waals surface area contributed by atoms with Crippen LogP contribution in [0.5, 0.6) is 0 Å². The van der Waals surface area contributed by atoms with E-state index >= 15 is 0 Å². The molecule has 18 heavy (non-hydrogen) atoms. The number of carbonyl (C=O) groups is 2. The molecule has 0 spiro atoms. The van der Waals surface area contributed by atoms with Crippen molar-refractivity contribution in [3.05, 3.63) is 0 Å². The normalized spacial score (nSPS) is 21.4. The van der Waals surface area contributed by atoms with Crippen LogP contribution in [0.15, 0.2) is 0 Å². The lowest BCUT2D eigenvalue weighted by Crippen LogP contribution is -2.36. The summed E-state index contributed by atoms with van der Waals surface area (Å²) in [6.45, 7) is -0.548. The van der Waals surface area contributed by atoms with Gasteiger partial charge in [0.05, 0.1) is 24.5 Å². The fourth-order valence-electron chi connectivity index (χ4n) is 2.78. The van der Waals surface area contributed by atoms with E-state index in [2.05, 4.69) is 0 Å². The molecule has 2 unspecified atom stereocenters. The zero-order valence-electron chi connectivity index (χ0n) is 10.2. The van der Waals surface area contributed by atoms with Crippen LogP contribution in [0.25, 0.3) is 0 Å². The number of aliphatic hydroxyl groups excluding tert-OH is 2. The first kappa shape index (κ1) is 14.9. The van der Waals surface area contributed by atoms with E-state index in [0.717, 1.165) is 12.8 Å². The van der Waals surface area contributed by atoms with Crippen LogP contribution in [0.4, 0.5) is 0 Å². The monoisotopic (exact) mass is 260 g/mol. The van der Waals surface area contributed by atoms with Crippen LogP contribution in [0.3, 0.4) is 0 Å². The highest BCUT2D eigenvalue weighted by molar-refractivity contribution is 5.75. The minimum Gasteiger partial charge on any atom is -0.481 e. The lowest BCUT2D eigenvalue weighted by molar-refractivity contribution is -0.152. The summed E-state index contributed by atoms with van der Waals surface area (Å²) >= 11 is 0. The quantitative estimate of drug-likeness (QED) is 0.529. The minimum absolute atomic E-state index is 0.108. The third kappa shape index (κ3) is 3.43. The second kappa shape index (κ2) is 6.15. The largest absolute Gasteiger partial charge is 0.481 e.